The first-order chi connectivity index (χ1) is 10.6. The molecule has 22 heavy (non-hydrogen) atoms. The fourth-order valence-electron chi connectivity index (χ4n) is 2.73. The van der Waals surface area contributed by atoms with E-state index < -0.39 is 0 Å². The van der Waals surface area contributed by atoms with E-state index in [2.05, 4.69) is 5.32 Å². The van der Waals surface area contributed by atoms with E-state index in [1.165, 1.54) is 0 Å². The molecular weight excluding hydrogens is 304 g/mol. The Hall–Kier alpha value is -1.30. The third-order valence-corrected chi connectivity index (χ3v) is 4.24. The summed E-state index contributed by atoms with van der Waals surface area (Å²) in [5.41, 5.74) is 0.933. The third kappa shape index (κ3) is 4.60. The molecule has 2 atom stereocenters. The summed E-state index contributed by atoms with van der Waals surface area (Å²) in [7, 11) is 1.61. The molecule has 1 aliphatic rings. The van der Waals surface area contributed by atoms with Crippen LogP contribution in [0.1, 0.15) is 24.5 Å². The van der Waals surface area contributed by atoms with Crippen molar-refractivity contribution in [3.05, 3.63) is 34.9 Å². The summed E-state index contributed by atoms with van der Waals surface area (Å²) in [5.74, 6) is 0.186. The number of nitrogens with one attached hydrogen (secondary N) is 1. The van der Waals surface area contributed by atoms with Crippen LogP contribution in [0.15, 0.2) is 24.3 Å². The molecule has 5 nitrogen and oxygen atoms in total. The Bertz CT molecular complexity index is 498. The zero-order valence-corrected chi connectivity index (χ0v) is 13.6. The van der Waals surface area contributed by atoms with Crippen molar-refractivity contribution in [3.63, 3.8) is 0 Å². The van der Waals surface area contributed by atoms with Gasteiger partial charge in [0, 0.05) is 38.4 Å². The molecule has 122 valence electrons. The summed E-state index contributed by atoms with van der Waals surface area (Å²) >= 11 is 5.99. The van der Waals surface area contributed by atoms with E-state index in [-0.39, 0.29) is 24.7 Å². The van der Waals surface area contributed by atoms with Crippen LogP contribution in [0.25, 0.3) is 0 Å². The molecule has 0 bridgehead atoms. The molecule has 1 heterocycles. The van der Waals surface area contributed by atoms with E-state index in [9.17, 15) is 9.90 Å². The molecule has 2 rings (SSSR count). The number of aliphatic hydroxyl groups excluding tert-OH is 1. The van der Waals surface area contributed by atoms with Crippen molar-refractivity contribution in [3.8, 4) is 0 Å². The molecule has 0 radical (unpaired) electrons. The minimum absolute atomic E-state index is 0.109. The summed E-state index contributed by atoms with van der Waals surface area (Å²) in [4.78, 5) is 14.0. The molecule has 1 aliphatic heterocycles. The summed E-state index contributed by atoms with van der Waals surface area (Å²) in [6.45, 7) is 1.86. The Morgan fingerprint density at radius 1 is 1.59 bits per heavy atom. The number of benzene rings is 1. The molecule has 0 unspecified atom stereocenters. The van der Waals surface area contributed by atoms with E-state index in [1.54, 1.807) is 18.1 Å². The first kappa shape index (κ1) is 17.1. The highest BCUT2D eigenvalue weighted by Crippen LogP contribution is 2.20. The average molecular weight is 327 g/mol. The van der Waals surface area contributed by atoms with Crippen molar-refractivity contribution in [2.75, 3.05) is 33.4 Å². The van der Waals surface area contributed by atoms with Crippen LogP contribution >= 0.6 is 11.6 Å². The Morgan fingerprint density at radius 3 is 3.09 bits per heavy atom. The lowest BCUT2D eigenvalue weighted by Crippen LogP contribution is -2.47. The Balaban J connectivity index is 1.88. The summed E-state index contributed by atoms with van der Waals surface area (Å²) in [6, 6.07) is 7.32. The first-order valence-electron chi connectivity index (χ1n) is 7.56. The molecule has 0 aromatic heterocycles. The number of piperidine rings is 1. The highest BCUT2D eigenvalue weighted by Gasteiger charge is 2.23. The number of amides is 2. The lowest BCUT2D eigenvalue weighted by atomic mass is 9.99. The lowest BCUT2D eigenvalue weighted by molar-refractivity contribution is 0.0965. The van der Waals surface area contributed by atoms with Crippen LogP contribution in [0, 0.1) is 5.92 Å². The van der Waals surface area contributed by atoms with Gasteiger partial charge in [0.15, 0.2) is 0 Å². The van der Waals surface area contributed by atoms with Crippen molar-refractivity contribution < 1.29 is 14.6 Å². The van der Waals surface area contributed by atoms with Crippen LogP contribution in [0.2, 0.25) is 5.02 Å². The molecule has 6 heteroatoms. The standard InChI is InChI=1S/C16H23ClN2O3/c1-22-15(13-5-2-6-14(17)8-13)9-18-16(21)19-7-3-4-12(10-19)11-20/h2,5-6,8,12,15,20H,3-4,7,9-11H2,1H3,(H,18,21)/t12-,15+/m0/s1. The fourth-order valence-corrected chi connectivity index (χ4v) is 2.93. The largest absolute Gasteiger partial charge is 0.396 e. The number of rotatable bonds is 5. The van der Waals surface area contributed by atoms with Crippen LogP contribution in [0.4, 0.5) is 4.79 Å². The molecule has 0 saturated carbocycles. The molecule has 1 saturated heterocycles. The van der Waals surface area contributed by atoms with Gasteiger partial charge >= 0.3 is 6.03 Å². The predicted molar refractivity (Wildman–Crippen MR) is 86.0 cm³/mol. The predicted octanol–water partition coefficient (Wildman–Crippen LogP) is 2.44. The van der Waals surface area contributed by atoms with Gasteiger partial charge in [0.05, 0.1) is 6.10 Å². The van der Waals surface area contributed by atoms with Crippen LogP contribution in [0.5, 0.6) is 0 Å². The topological polar surface area (TPSA) is 61.8 Å². The summed E-state index contributed by atoms with van der Waals surface area (Å²) in [5, 5.41) is 12.8. The van der Waals surface area contributed by atoms with E-state index in [1.807, 2.05) is 18.2 Å². The van der Waals surface area contributed by atoms with Gasteiger partial charge in [-0.25, -0.2) is 4.79 Å². The van der Waals surface area contributed by atoms with Crippen molar-refractivity contribution in [1.29, 1.82) is 0 Å². The van der Waals surface area contributed by atoms with Gasteiger partial charge in [-0.2, -0.15) is 0 Å². The number of hydrogen-bond acceptors (Lipinski definition) is 3. The maximum absolute atomic E-state index is 12.2. The van der Waals surface area contributed by atoms with Gasteiger partial charge in [-0.1, -0.05) is 23.7 Å². The maximum Gasteiger partial charge on any atom is 0.317 e. The van der Waals surface area contributed by atoms with Crippen LogP contribution in [-0.2, 0) is 4.74 Å². The second-order valence-electron chi connectivity index (χ2n) is 5.60. The molecule has 1 aromatic carbocycles. The zero-order valence-electron chi connectivity index (χ0n) is 12.8. The number of carbonyl (C=O) groups excluding carboxylic acids is 1. The first-order valence-corrected chi connectivity index (χ1v) is 7.93. The fraction of sp³-hybridized carbons (Fsp3) is 0.562. The van der Waals surface area contributed by atoms with Gasteiger partial charge in [-0.3, -0.25) is 0 Å². The molecule has 2 amide bonds. The number of nitrogens with zero attached hydrogens (tertiary/aromatic N) is 1. The quantitative estimate of drug-likeness (QED) is 0.873. The minimum Gasteiger partial charge on any atom is -0.396 e. The number of likely N-dealkylation sites (tertiary alicyclic amines) is 1. The normalized spacial score (nSPS) is 19.8. The smallest absolute Gasteiger partial charge is 0.317 e. The average Bonchev–Trinajstić information content (AvgIpc) is 2.55. The van der Waals surface area contributed by atoms with E-state index in [0.717, 1.165) is 24.9 Å². The van der Waals surface area contributed by atoms with Gasteiger partial charge in [0.25, 0.3) is 0 Å². The van der Waals surface area contributed by atoms with Crippen LogP contribution < -0.4 is 5.32 Å². The molecule has 0 aliphatic carbocycles. The third-order valence-electron chi connectivity index (χ3n) is 4.01. The summed E-state index contributed by atoms with van der Waals surface area (Å²) in [6.07, 6.45) is 1.67. The van der Waals surface area contributed by atoms with Gasteiger partial charge in [-0.05, 0) is 36.5 Å². The molecule has 0 spiro atoms. The molecule has 1 fully saturated rings. The monoisotopic (exact) mass is 326 g/mol. The number of methoxy groups -OCH3 is 1. The van der Waals surface area contributed by atoms with Gasteiger partial charge < -0.3 is 20.1 Å². The Morgan fingerprint density at radius 2 is 2.41 bits per heavy atom. The SMILES string of the molecule is CO[C@H](CNC(=O)N1CCC[C@H](CO)C1)c1cccc(Cl)c1. The van der Waals surface area contributed by atoms with Crippen LogP contribution in [0.3, 0.4) is 0 Å². The molecular formula is C16H23ClN2O3. The molecule has 1 aromatic rings. The van der Waals surface area contributed by atoms with Gasteiger partial charge in [-0.15, -0.1) is 0 Å². The van der Waals surface area contributed by atoms with Crippen LogP contribution in [-0.4, -0.2) is 49.4 Å². The van der Waals surface area contributed by atoms with E-state index >= 15 is 0 Å². The second-order valence-corrected chi connectivity index (χ2v) is 6.04. The highest BCUT2D eigenvalue weighted by atomic mass is 35.5. The number of carbonyl (C=O) groups is 1. The Kier molecular flexibility index (Phi) is 6.49. The number of ether oxygens (including phenoxy) is 1. The number of hydrogen-bond donors (Lipinski definition) is 2. The van der Waals surface area contributed by atoms with E-state index in [0.29, 0.717) is 18.1 Å². The van der Waals surface area contributed by atoms with Gasteiger partial charge in [0.1, 0.15) is 0 Å². The number of urea groups is 1. The molecule has 2 N–H and O–H groups in total. The zero-order chi connectivity index (χ0) is 15.9. The van der Waals surface area contributed by atoms with E-state index in [4.69, 9.17) is 16.3 Å². The van der Waals surface area contributed by atoms with Crippen molar-refractivity contribution in [2.24, 2.45) is 5.92 Å². The highest BCUT2D eigenvalue weighted by molar-refractivity contribution is 6.30. The summed E-state index contributed by atoms with van der Waals surface area (Å²) < 4.78 is 5.44. The second kappa shape index (κ2) is 8.36. The Labute approximate surface area is 136 Å². The van der Waals surface area contributed by atoms with Crippen molar-refractivity contribution >= 4 is 17.6 Å². The number of aliphatic hydroxyl groups is 1. The number of halogens is 1. The maximum atomic E-state index is 12.2. The van der Waals surface area contributed by atoms with Gasteiger partial charge in [0.2, 0.25) is 0 Å². The van der Waals surface area contributed by atoms with Crippen molar-refractivity contribution in [2.45, 2.75) is 18.9 Å². The van der Waals surface area contributed by atoms with Crippen molar-refractivity contribution in [1.82, 2.24) is 10.2 Å². The minimum atomic E-state index is -0.235. The lowest BCUT2D eigenvalue weighted by Gasteiger charge is -2.32.